The maximum atomic E-state index is 11.6. The molecule has 220 valence electrons. The van der Waals surface area contributed by atoms with Crippen LogP contribution in [0.4, 0.5) is 36.2 Å². The quantitative estimate of drug-likeness (QED) is 0.377. The molecule has 12 nitrogen and oxygen atoms in total. The van der Waals surface area contributed by atoms with E-state index in [4.69, 9.17) is 4.74 Å². The minimum Gasteiger partial charge on any atom is -0.465 e. The number of anilines is 3. The Kier molecular flexibility index (Phi) is 11.8. The van der Waals surface area contributed by atoms with Crippen molar-refractivity contribution in [3.63, 3.8) is 0 Å². The van der Waals surface area contributed by atoms with Gasteiger partial charge in [-0.15, -0.1) is 0 Å². The van der Waals surface area contributed by atoms with Crippen molar-refractivity contribution >= 4 is 41.3 Å². The molecule has 12 heteroatoms. The summed E-state index contributed by atoms with van der Waals surface area (Å²) < 4.78 is 5.16. The van der Waals surface area contributed by atoms with E-state index in [9.17, 15) is 24.3 Å². The molecule has 4 N–H and O–H groups in total. The van der Waals surface area contributed by atoms with Crippen LogP contribution in [-0.4, -0.2) is 78.4 Å². The van der Waals surface area contributed by atoms with E-state index < -0.39 is 17.7 Å². The summed E-state index contributed by atoms with van der Waals surface area (Å²) in [5.41, 5.74) is 0.687. The monoisotopic (exact) mass is 558 g/mol. The summed E-state index contributed by atoms with van der Waals surface area (Å²) in [5.74, 6) is 0.364. The maximum Gasteiger partial charge on any atom is 0.413 e. The van der Waals surface area contributed by atoms with E-state index in [0.29, 0.717) is 22.8 Å². The first-order valence-corrected chi connectivity index (χ1v) is 12.5. The second kappa shape index (κ2) is 14.1. The number of benzene rings is 2. The van der Waals surface area contributed by atoms with Gasteiger partial charge in [0.05, 0.1) is 0 Å². The topological polar surface area (TPSA) is 144 Å². The summed E-state index contributed by atoms with van der Waals surface area (Å²) in [6, 6.07) is 12.9. The van der Waals surface area contributed by atoms with Gasteiger partial charge in [0.25, 0.3) is 0 Å². The fourth-order valence-electron chi connectivity index (χ4n) is 3.05. The van der Waals surface area contributed by atoms with Crippen LogP contribution < -0.4 is 25.6 Å². The van der Waals surface area contributed by atoms with Crippen LogP contribution in [0.15, 0.2) is 48.5 Å². The summed E-state index contributed by atoms with van der Waals surface area (Å²) in [7, 11) is 6.56. The molecule has 0 unspecified atom stereocenters. The number of nitrogens with one attached hydrogen (secondary N) is 3. The molecule has 2 aromatic carbocycles. The Morgan fingerprint density at radius 2 is 1.23 bits per heavy atom. The highest BCUT2D eigenvalue weighted by atomic mass is 16.6. The lowest BCUT2D eigenvalue weighted by Gasteiger charge is -2.33. The van der Waals surface area contributed by atoms with Gasteiger partial charge in [-0.3, -0.25) is 4.90 Å². The summed E-state index contributed by atoms with van der Waals surface area (Å²) in [6.45, 7) is 11.0. The van der Waals surface area contributed by atoms with E-state index in [1.807, 2.05) is 41.5 Å². The van der Waals surface area contributed by atoms with Gasteiger partial charge >= 0.3 is 24.2 Å². The number of hydrogen-bond acceptors (Lipinski definition) is 5. The van der Waals surface area contributed by atoms with Gasteiger partial charge in [-0.2, -0.15) is 0 Å². The van der Waals surface area contributed by atoms with Crippen molar-refractivity contribution in [3.05, 3.63) is 48.5 Å². The molecule has 0 heterocycles. The highest BCUT2D eigenvalue weighted by Gasteiger charge is 2.28. The van der Waals surface area contributed by atoms with Gasteiger partial charge in [-0.05, 0) is 71.9 Å². The number of carbonyl (C=O) groups is 4. The van der Waals surface area contributed by atoms with Crippen LogP contribution in [0.3, 0.4) is 0 Å². The van der Waals surface area contributed by atoms with Crippen LogP contribution in [0, 0.1) is 0 Å². The number of nitrogens with zero attached hydrogens (tertiary/aromatic N) is 3. The number of rotatable bonds is 4. The van der Waals surface area contributed by atoms with Gasteiger partial charge in [-0.1, -0.05) is 12.1 Å². The number of amides is 6. The molecule has 0 radical (unpaired) electrons. The molecular weight excluding hydrogens is 516 g/mol. The van der Waals surface area contributed by atoms with E-state index in [-0.39, 0.29) is 17.6 Å². The summed E-state index contributed by atoms with van der Waals surface area (Å²) >= 11 is 0. The molecule has 0 fully saturated rings. The molecule has 2 rings (SSSR count). The van der Waals surface area contributed by atoms with Crippen LogP contribution in [0.5, 0.6) is 5.75 Å². The molecule has 40 heavy (non-hydrogen) atoms. The molecule has 0 aliphatic heterocycles. The first-order valence-electron chi connectivity index (χ1n) is 12.5. The van der Waals surface area contributed by atoms with Crippen molar-refractivity contribution in [2.45, 2.75) is 52.6 Å². The Balaban J connectivity index is 0.000000400. The molecular formula is C28H42N6O6. The Labute approximate surface area is 236 Å². The number of carboxylic acid groups (broad SMARTS) is 1. The Bertz CT molecular complexity index is 1180. The van der Waals surface area contributed by atoms with E-state index in [1.54, 1.807) is 76.7 Å². The summed E-state index contributed by atoms with van der Waals surface area (Å²) in [5, 5.41) is 17.4. The van der Waals surface area contributed by atoms with Crippen LogP contribution in [-0.2, 0) is 0 Å². The Morgan fingerprint density at radius 3 is 1.65 bits per heavy atom. The zero-order valence-corrected chi connectivity index (χ0v) is 24.9. The molecule has 0 saturated heterocycles. The predicted molar refractivity (Wildman–Crippen MR) is 157 cm³/mol. The third-order valence-corrected chi connectivity index (χ3v) is 4.80. The minimum absolute atomic E-state index is 0.249. The van der Waals surface area contributed by atoms with Gasteiger partial charge in [0.2, 0.25) is 0 Å². The summed E-state index contributed by atoms with van der Waals surface area (Å²) in [4.78, 5) is 50.3. The van der Waals surface area contributed by atoms with Crippen LogP contribution in [0.1, 0.15) is 41.5 Å². The van der Waals surface area contributed by atoms with Gasteiger partial charge < -0.3 is 35.6 Å². The molecule has 0 saturated carbocycles. The van der Waals surface area contributed by atoms with Crippen LogP contribution in [0.2, 0.25) is 0 Å². The molecule has 0 spiro atoms. The average Bonchev–Trinajstić information content (AvgIpc) is 2.77. The fourth-order valence-corrected chi connectivity index (χ4v) is 3.05. The largest absolute Gasteiger partial charge is 0.465 e. The van der Waals surface area contributed by atoms with Gasteiger partial charge in [0.15, 0.2) is 0 Å². The molecule has 0 bridgehead atoms. The van der Waals surface area contributed by atoms with Gasteiger partial charge in [-0.25, -0.2) is 19.2 Å². The minimum atomic E-state index is -1.03. The van der Waals surface area contributed by atoms with Crippen molar-refractivity contribution in [2.24, 2.45) is 0 Å². The first-order chi connectivity index (χ1) is 18.3. The third kappa shape index (κ3) is 11.9. The van der Waals surface area contributed by atoms with Crippen molar-refractivity contribution < 1.29 is 29.0 Å². The first kappa shape index (κ1) is 33.5. The van der Waals surface area contributed by atoms with Gasteiger partial charge in [0, 0.05) is 62.4 Å². The molecule has 0 aliphatic carbocycles. The predicted octanol–water partition coefficient (Wildman–Crippen LogP) is 5.73. The SMILES string of the molecule is CN(C)C(=O)Nc1cccc(N(C(=O)O)C(C)(C)C)c1.CN(C)C(=O)Nc1cccc(OC(=O)NC(C)(C)C)c1. The average molecular weight is 559 g/mol. The molecule has 2 aromatic rings. The van der Waals surface area contributed by atoms with Crippen molar-refractivity contribution in [1.29, 1.82) is 0 Å². The molecule has 0 aromatic heterocycles. The third-order valence-electron chi connectivity index (χ3n) is 4.80. The van der Waals surface area contributed by atoms with Crippen LogP contribution >= 0.6 is 0 Å². The van der Waals surface area contributed by atoms with Crippen molar-refractivity contribution in [1.82, 2.24) is 15.1 Å². The smallest absolute Gasteiger partial charge is 0.413 e. The zero-order chi connectivity index (χ0) is 30.8. The van der Waals surface area contributed by atoms with Gasteiger partial charge in [0.1, 0.15) is 5.75 Å². The molecule has 0 aliphatic rings. The molecule has 0 atom stereocenters. The number of hydrogen-bond donors (Lipinski definition) is 4. The highest BCUT2D eigenvalue weighted by molar-refractivity contribution is 5.92. The Hall–Kier alpha value is -4.48. The second-order valence-electron chi connectivity index (χ2n) is 11.3. The lowest BCUT2D eigenvalue weighted by molar-refractivity contribution is 0.190. The normalized spacial score (nSPS) is 10.8. The zero-order valence-electron chi connectivity index (χ0n) is 24.9. The number of carbonyl (C=O) groups excluding carboxylic acids is 3. The van der Waals surface area contributed by atoms with E-state index >= 15 is 0 Å². The van der Waals surface area contributed by atoms with Crippen LogP contribution in [0.25, 0.3) is 0 Å². The van der Waals surface area contributed by atoms with E-state index in [0.717, 1.165) is 0 Å². The fraction of sp³-hybridized carbons (Fsp3) is 0.429. The molecule has 6 amide bonds. The lowest BCUT2D eigenvalue weighted by Crippen LogP contribution is -2.45. The van der Waals surface area contributed by atoms with E-state index in [2.05, 4.69) is 16.0 Å². The highest BCUT2D eigenvalue weighted by Crippen LogP contribution is 2.26. The van der Waals surface area contributed by atoms with E-state index in [1.165, 1.54) is 14.7 Å². The second-order valence-corrected chi connectivity index (χ2v) is 11.3. The Morgan fingerprint density at radius 1 is 0.750 bits per heavy atom. The number of urea groups is 2. The van der Waals surface area contributed by atoms with Crippen molar-refractivity contribution in [3.8, 4) is 5.75 Å². The number of ether oxygens (including phenoxy) is 1. The van der Waals surface area contributed by atoms with Crippen molar-refractivity contribution in [2.75, 3.05) is 43.7 Å². The maximum absolute atomic E-state index is 11.6. The lowest BCUT2D eigenvalue weighted by atomic mass is 10.1. The standard InChI is InChI=1S/2C14H21N3O3/c1-14(2,3)16-13(19)20-11-8-6-7-10(9-11)15-12(18)17(4)5;1-14(2,3)17(13(19)20)11-8-6-7-10(9-11)15-12(18)16(4)5/h6-9H,1-5H3,(H,15,18)(H,16,19);6-9H,1-5H3,(H,15,18)(H,19,20). The summed E-state index contributed by atoms with van der Waals surface area (Å²) in [6.07, 6.45) is -1.57.